The smallest absolute Gasteiger partial charge is 0.371 e. The number of carboxylic acids is 1. The molecule has 0 bridgehead atoms. The monoisotopic (exact) mass is 249 g/mol. The SMILES string of the molecule is Cn1cc(CNC(=O)c2ccc(C(=O)O)o2)cn1. The van der Waals surface area contributed by atoms with E-state index in [4.69, 9.17) is 9.52 Å². The molecule has 2 aromatic heterocycles. The number of carboxylic acid groups (broad SMARTS) is 1. The van der Waals surface area contributed by atoms with Gasteiger partial charge >= 0.3 is 5.97 Å². The highest BCUT2D eigenvalue weighted by atomic mass is 16.4. The number of aromatic carboxylic acids is 1. The summed E-state index contributed by atoms with van der Waals surface area (Å²) in [5, 5.41) is 15.2. The number of nitrogens with one attached hydrogen (secondary N) is 1. The molecule has 0 saturated carbocycles. The summed E-state index contributed by atoms with van der Waals surface area (Å²) in [5.74, 6) is -1.97. The fourth-order valence-electron chi connectivity index (χ4n) is 1.41. The molecule has 2 rings (SSSR count). The third kappa shape index (κ3) is 2.57. The summed E-state index contributed by atoms with van der Waals surface area (Å²) in [7, 11) is 1.77. The van der Waals surface area contributed by atoms with Crippen LogP contribution in [0.3, 0.4) is 0 Å². The number of carbonyl (C=O) groups excluding carboxylic acids is 1. The zero-order chi connectivity index (χ0) is 13.1. The Hall–Kier alpha value is -2.57. The molecule has 7 heteroatoms. The van der Waals surface area contributed by atoms with Crippen LogP contribution in [0.2, 0.25) is 0 Å². The van der Waals surface area contributed by atoms with Gasteiger partial charge in [0.25, 0.3) is 5.91 Å². The second-order valence-corrected chi connectivity index (χ2v) is 3.67. The Morgan fingerprint density at radius 1 is 1.44 bits per heavy atom. The second-order valence-electron chi connectivity index (χ2n) is 3.67. The van der Waals surface area contributed by atoms with Crippen molar-refractivity contribution in [1.29, 1.82) is 0 Å². The number of carbonyl (C=O) groups is 2. The Morgan fingerprint density at radius 3 is 2.72 bits per heavy atom. The maximum Gasteiger partial charge on any atom is 0.371 e. The lowest BCUT2D eigenvalue weighted by molar-refractivity contribution is 0.0659. The van der Waals surface area contributed by atoms with E-state index in [1.54, 1.807) is 24.1 Å². The molecule has 0 radical (unpaired) electrons. The molecule has 2 N–H and O–H groups in total. The minimum Gasteiger partial charge on any atom is -0.475 e. The van der Waals surface area contributed by atoms with E-state index < -0.39 is 11.9 Å². The molecule has 0 aliphatic carbocycles. The zero-order valence-corrected chi connectivity index (χ0v) is 9.58. The van der Waals surface area contributed by atoms with E-state index in [2.05, 4.69) is 10.4 Å². The number of hydrogen-bond donors (Lipinski definition) is 2. The molecular formula is C11H11N3O4. The van der Waals surface area contributed by atoms with Crippen molar-refractivity contribution in [2.24, 2.45) is 7.05 Å². The summed E-state index contributed by atoms with van der Waals surface area (Å²) < 4.78 is 6.49. The standard InChI is InChI=1S/C11H11N3O4/c1-14-6-7(5-13-14)4-12-10(15)8-2-3-9(18-8)11(16)17/h2-3,5-6H,4H2,1H3,(H,12,15)(H,16,17). The highest BCUT2D eigenvalue weighted by Gasteiger charge is 2.14. The van der Waals surface area contributed by atoms with Crippen LogP contribution in [0, 0.1) is 0 Å². The number of aryl methyl sites for hydroxylation is 1. The molecule has 0 spiro atoms. The number of hydrogen-bond acceptors (Lipinski definition) is 4. The lowest BCUT2D eigenvalue weighted by Gasteiger charge is -1.99. The summed E-state index contributed by atoms with van der Waals surface area (Å²) in [5.41, 5.74) is 0.843. The van der Waals surface area contributed by atoms with Gasteiger partial charge in [-0.05, 0) is 12.1 Å². The fourth-order valence-corrected chi connectivity index (χ4v) is 1.41. The number of furan rings is 1. The highest BCUT2D eigenvalue weighted by molar-refractivity contribution is 5.93. The Labute approximate surface area is 102 Å². The van der Waals surface area contributed by atoms with Crippen molar-refractivity contribution in [2.45, 2.75) is 6.54 Å². The van der Waals surface area contributed by atoms with Crippen molar-refractivity contribution >= 4 is 11.9 Å². The molecule has 0 aliphatic heterocycles. The first-order chi connectivity index (χ1) is 8.56. The summed E-state index contributed by atoms with van der Waals surface area (Å²) in [4.78, 5) is 22.2. The van der Waals surface area contributed by atoms with Crippen LogP contribution in [-0.2, 0) is 13.6 Å². The average Bonchev–Trinajstić information content (AvgIpc) is 2.94. The van der Waals surface area contributed by atoms with Crippen LogP contribution in [0.25, 0.3) is 0 Å². The fraction of sp³-hybridized carbons (Fsp3) is 0.182. The summed E-state index contributed by atoms with van der Waals surface area (Å²) in [6.45, 7) is 0.301. The van der Waals surface area contributed by atoms with E-state index in [-0.39, 0.29) is 11.5 Å². The first kappa shape index (κ1) is 11.9. The predicted molar refractivity (Wildman–Crippen MR) is 60.0 cm³/mol. The third-order valence-electron chi connectivity index (χ3n) is 2.25. The van der Waals surface area contributed by atoms with Crippen molar-refractivity contribution in [2.75, 3.05) is 0 Å². The van der Waals surface area contributed by atoms with E-state index in [0.717, 1.165) is 5.56 Å². The van der Waals surface area contributed by atoms with Crippen molar-refractivity contribution < 1.29 is 19.1 Å². The summed E-state index contributed by atoms with van der Waals surface area (Å²) in [6, 6.07) is 2.56. The summed E-state index contributed by atoms with van der Waals surface area (Å²) >= 11 is 0. The van der Waals surface area contributed by atoms with Crippen molar-refractivity contribution in [3.63, 3.8) is 0 Å². The van der Waals surface area contributed by atoms with Gasteiger partial charge in [-0.2, -0.15) is 5.10 Å². The lowest BCUT2D eigenvalue weighted by atomic mass is 10.3. The van der Waals surface area contributed by atoms with E-state index in [1.807, 2.05) is 0 Å². The normalized spacial score (nSPS) is 10.3. The van der Waals surface area contributed by atoms with Gasteiger partial charge in [-0.1, -0.05) is 0 Å². The number of aromatic nitrogens is 2. The Bertz CT molecular complexity index is 585. The largest absolute Gasteiger partial charge is 0.475 e. The van der Waals surface area contributed by atoms with Crippen molar-refractivity contribution in [1.82, 2.24) is 15.1 Å². The molecule has 18 heavy (non-hydrogen) atoms. The van der Waals surface area contributed by atoms with Gasteiger partial charge in [0.1, 0.15) is 0 Å². The van der Waals surface area contributed by atoms with Gasteiger partial charge in [0.15, 0.2) is 5.76 Å². The van der Waals surface area contributed by atoms with Crippen LogP contribution >= 0.6 is 0 Å². The molecule has 7 nitrogen and oxygen atoms in total. The van der Waals surface area contributed by atoms with E-state index in [0.29, 0.717) is 6.54 Å². The molecule has 0 atom stereocenters. The molecule has 0 aliphatic rings. The maximum absolute atomic E-state index is 11.6. The molecule has 2 heterocycles. The molecule has 0 saturated heterocycles. The number of amides is 1. The Morgan fingerprint density at radius 2 is 2.17 bits per heavy atom. The van der Waals surface area contributed by atoms with Gasteiger partial charge in [0.05, 0.1) is 6.20 Å². The van der Waals surface area contributed by atoms with Gasteiger partial charge in [-0.3, -0.25) is 9.48 Å². The first-order valence-electron chi connectivity index (χ1n) is 5.15. The minimum absolute atomic E-state index is 0.0312. The Kier molecular flexibility index (Phi) is 3.13. The van der Waals surface area contributed by atoms with Gasteiger partial charge in [0.2, 0.25) is 5.76 Å². The van der Waals surface area contributed by atoms with Gasteiger partial charge in [-0.15, -0.1) is 0 Å². The van der Waals surface area contributed by atoms with Crippen molar-refractivity contribution in [3.8, 4) is 0 Å². The molecule has 0 unspecified atom stereocenters. The van der Waals surface area contributed by atoms with Crippen LogP contribution < -0.4 is 5.32 Å². The first-order valence-corrected chi connectivity index (χ1v) is 5.15. The average molecular weight is 249 g/mol. The second kappa shape index (κ2) is 4.74. The topological polar surface area (TPSA) is 97.4 Å². The quantitative estimate of drug-likeness (QED) is 0.828. The third-order valence-corrected chi connectivity index (χ3v) is 2.25. The molecule has 2 aromatic rings. The van der Waals surface area contributed by atoms with Crippen LogP contribution in [0.5, 0.6) is 0 Å². The maximum atomic E-state index is 11.6. The van der Waals surface area contributed by atoms with Gasteiger partial charge in [0, 0.05) is 25.4 Å². The van der Waals surface area contributed by atoms with E-state index in [9.17, 15) is 9.59 Å². The summed E-state index contributed by atoms with van der Waals surface area (Å²) in [6.07, 6.45) is 3.40. The van der Waals surface area contributed by atoms with E-state index in [1.165, 1.54) is 12.1 Å². The van der Waals surface area contributed by atoms with Crippen molar-refractivity contribution in [3.05, 3.63) is 41.6 Å². The van der Waals surface area contributed by atoms with E-state index >= 15 is 0 Å². The van der Waals surface area contributed by atoms with Crippen LogP contribution in [0.1, 0.15) is 26.7 Å². The highest BCUT2D eigenvalue weighted by Crippen LogP contribution is 2.08. The molecule has 0 fully saturated rings. The van der Waals surface area contributed by atoms with Crippen LogP contribution in [0.15, 0.2) is 28.9 Å². The molecule has 1 amide bonds. The number of rotatable bonds is 4. The minimum atomic E-state index is -1.21. The Balaban J connectivity index is 1.97. The van der Waals surface area contributed by atoms with Gasteiger partial charge < -0.3 is 14.8 Å². The lowest BCUT2D eigenvalue weighted by Crippen LogP contribution is -2.22. The number of nitrogens with zero attached hydrogens (tertiary/aromatic N) is 2. The zero-order valence-electron chi connectivity index (χ0n) is 9.58. The van der Waals surface area contributed by atoms with Crippen LogP contribution in [0.4, 0.5) is 0 Å². The van der Waals surface area contributed by atoms with Crippen LogP contribution in [-0.4, -0.2) is 26.8 Å². The predicted octanol–water partition coefficient (Wildman–Crippen LogP) is 0.641. The molecule has 94 valence electrons. The molecular weight excluding hydrogens is 238 g/mol. The molecule has 0 aromatic carbocycles. The van der Waals surface area contributed by atoms with Gasteiger partial charge in [-0.25, -0.2) is 4.79 Å².